The molecule has 0 aliphatic heterocycles. The van der Waals surface area contributed by atoms with Gasteiger partial charge in [-0.15, -0.1) is 42.2 Å². The molecule has 0 spiro atoms. The number of benzene rings is 1. The van der Waals surface area contributed by atoms with E-state index in [1.54, 1.807) is 30.3 Å². The number of rotatable bonds is 22. The van der Waals surface area contributed by atoms with Crippen molar-refractivity contribution in [3.8, 4) is 5.69 Å². The first-order valence-electron chi connectivity index (χ1n) is 28.8. The van der Waals surface area contributed by atoms with Crippen LogP contribution in [-0.4, -0.2) is 108 Å². The number of aliphatic carboxylic acids is 1. The zero-order valence-corrected chi connectivity index (χ0v) is 47.1. The van der Waals surface area contributed by atoms with Crippen LogP contribution < -0.4 is 5.32 Å². The van der Waals surface area contributed by atoms with Crippen molar-refractivity contribution >= 4 is 35.2 Å². The van der Waals surface area contributed by atoms with Gasteiger partial charge in [0.1, 0.15) is 24.9 Å². The van der Waals surface area contributed by atoms with Crippen LogP contribution in [0.2, 0.25) is 0 Å². The first-order chi connectivity index (χ1) is 39.7. The summed E-state index contributed by atoms with van der Waals surface area (Å²) in [6, 6.07) is 8.26. The fourth-order valence-electron chi connectivity index (χ4n) is 10.2. The number of carbonyl (C=O) groups is 4. The number of aliphatic hydroxyl groups is 1. The maximum absolute atomic E-state index is 13.5. The van der Waals surface area contributed by atoms with E-state index in [9.17, 15) is 32.3 Å². The van der Waals surface area contributed by atoms with Gasteiger partial charge in [-0.25, -0.2) is 4.68 Å². The molecule has 4 heterocycles. The smallest absolute Gasteiger partial charge is 0.435 e. The molecule has 0 radical (unpaired) electrons. The fraction of sp³-hybridized carbons (Fsp3) is 0.667. The predicted molar refractivity (Wildman–Crippen MR) is 286 cm³/mol. The number of ether oxygens (including phenoxy) is 3. The molecule has 4 aromatic heterocycles. The number of amides is 1. The summed E-state index contributed by atoms with van der Waals surface area (Å²) in [6.45, 7) is 2.71. The number of hydrogen-bond donors (Lipinski definition) is 3. The molecular weight excluding hydrogens is 1100 g/mol. The maximum atomic E-state index is 13.5. The molecule has 1 aromatic carbocycles. The van der Waals surface area contributed by atoms with E-state index in [2.05, 4.69) is 41.0 Å². The summed E-state index contributed by atoms with van der Waals surface area (Å²) in [6.07, 6.45) is 13.7. The molecule has 5 aromatic rings. The van der Waals surface area contributed by atoms with E-state index >= 15 is 0 Å². The number of para-hydroxylation sites is 1. The lowest BCUT2D eigenvalue weighted by atomic mass is 9.79. The average Bonchev–Trinajstić information content (AvgIpc) is 4.59. The van der Waals surface area contributed by atoms with E-state index in [4.69, 9.17) is 49.3 Å². The highest BCUT2D eigenvalue weighted by atomic mass is 35.5. The van der Waals surface area contributed by atoms with Crippen LogP contribution >= 0.6 is 11.6 Å². The van der Waals surface area contributed by atoms with Gasteiger partial charge in [0.05, 0.1) is 43.4 Å². The number of ketones is 1. The number of carboxylic acids is 1. The van der Waals surface area contributed by atoms with Crippen molar-refractivity contribution in [3.63, 3.8) is 0 Å². The molecule has 6 fully saturated rings. The number of aromatic nitrogens is 8. The number of esters is 1. The molecule has 82 heavy (non-hydrogen) atoms. The lowest BCUT2D eigenvalue weighted by molar-refractivity contribution is -0.146. The zero-order valence-electron chi connectivity index (χ0n) is 46.3. The second kappa shape index (κ2) is 30.4. The Bertz CT molecular complexity index is 2770. The zero-order chi connectivity index (χ0) is 58.0. The number of alkyl halides is 4. The third-order valence-corrected chi connectivity index (χ3v) is 16.0. The number of Topliss-reactive ketones (excluding diaryl/α,β-unsaturated/α-hetero) is 1. The third kappa shape index (κ3) is 19.2. The monoisotopic (exact) mass is 1170 g/mol. The van der Waals surface area contributed by atoms with E-state index in [1.807, 2.05) is 0 Å². The van der Waals surface area contributed by atoms with E-state index in [-0.39, 0.29) is 66.1 Å². The van der Waals surface area contributed by atoms with Gasteiger partial charge in [-0.2, -0.15) is 18.3 Å². The Morgan fingerprint density at radius 2 is 1.13 bits per heavy atom. The van der Waals surface area contributed by atoms with Crippen LogP contribution in [0.15, 0.2) is 49.8 Å². The van der Waals surface area contributed by atoms with Gasteiger partial charge in [-0.1, -0.05) is 18.2 Å². The van der Waals surface area contributed by atoms with Crippen molar-refractivity contribution in [2.24, 2.45) is 35.5 Å². The molecule has 3 N–H and O–H groups in total. The molecule has 1 amide bonds. The molecule has 448 valence electrons. The SMILES string of the molecule is COC(=O)C1CCC(c2nnc(CCl)o2)CC1.O=C(NCCCC(=O)C1CCC(c2nnc(COCC3CC3)o2)CC1)c1cn(-c2ccccc2)nc1C(F)(F)F.O=C(O)C1CCC(c2nnc(COCC3CC3)o2)CC1.OCC1CC1. The Morgan fingerprint density at radius 3 is 1.56 bits per heavy atom. The van der Waals surface area contributed by atoms with Gasteiger partial charge in [-0.05, 0) is 152 Å². The number of nitrogens with one attached hydrogen (secondary N) is 1. The third-order valence-electron chi connectivity index (χ3n) is 15.8. The Labute approximate surface area is 478 Å². The Hall–Kier alpha value is -6.11. The lowest BCUT2D eigenvalue weighted by Crippen LogP contribution is -2.27. The van der Waals surface area contributed by atoms with Crippen molar-refractivity contribution in [2.45, 2.75) is 171 Å². The fourth-order valence-corrected chi connectivity index (χ4v) is 10.3. The van der Waals surface area contributed by atoms with Crippen LogP contribution in [0.25, 0.3) is 5.69 Å². The van der Waals surface area contributed by atoms with Crippen LogP contribution in [0.3, 0.4) is 0 Å². The van der Waals surface area contributed by atoms with Crippen LogP contribution in [0.5, 0.6) is 0 Å². The van der Waals surface area contributed by atoms with Crippen LogP contribution in [0, 0.1) is 35.5 Å². The highest BCUT2D eigenvalue weighted by Gasteiger charge is 2.40. The molecule has 0 unspecified atom stereocenters. The first kappa shape index (κ1) is 61.9. The number of nitrogens with zero attached hydrogens (tertiary/aromatic N) is 8. The molecular formula is C57H75ClF3N9O12. The van der Waals surface area contributed by atoms with Gasteiger partial charge < -0.3 is 43.0 Å². The maximum Gasteiger partial charge on any atom is 0.435 e. The van der Waals surface area contributed by atoms with Gasteiger partial charge in [0.25, 0.3) is 5.91 Å². The van der Waals surface area contributed by atoms with Gasteiger partial charge in [0.15, 0.2) is 5.69 Å². The normalized spacial score (nSPS) is 22.5. The van der Waals surface area contributed by atoms with E-state index < -0.39 is 29.3 Å². The summed E-state index contributed by atoms with van der Waals surface area (Å²) in [5, 5.41) is 47.4. The molecule has 6 aliphatic carbocycles. The highest BCUT2D eigenvalue weighted by molar-refractivity contribution is 6.16. The summed E-state index contributed by atoms with van der Waals surface area (Å²) in [4.78, 5) is 47.6. The topological polar surface area (TPSA) is 283 Å². The summed E-state index contributed by atoms with van der Waals surface area (Å²) in [7, 11) is 1.43. The second-order valence-corrected chi connectivity index (χ2v) is 22.5. The quantitative estimate of drug-likeness (QED) is 0.0330. The molecule has 0 bridgehead atoms. The number of halogens is 4. The average molecular weight is 1170 g/mol. The van der Waals surface area contributed by atoms with Crippen molar-refractivity contribution in [1.29, 1.82) is 0 Å². The summed E-state index contributed by atoms with van der Waals surface area (Å²) in [5.74, 6) is 4.36. The summed E-state index contributed by atoms with van der Waals surface area (Å²) >= 11 is 5.61. The van der Waals surface area contributed by atoms with Gasteiger partial charge >= 0.3 is 18.1 Å². The predicted octanol–water partition coefficient (Wildman–Crippen LogP) is 10.3. The minimum absolute atomic E-state index is 0.0201. The standard InChI is InChI=1S/C28H32F3N5O4.C14H20N2O4.C11H15ClN2O3.C4H8O/c29-28(30,31)25-22(15-36(35-25)21-5-2-1-3-6-21)26(38)32-14-4-7-23(37)19-10-12-20(13-11-19)27-34-33-24(40-27)17-39-16-18-8-9-18;17-14(18)11-5-3-10(4-6-11)13-16-15-12(20-13)8-19-7-9-1-2-9;1-16-11(15)8-4-2-7(3-5-8)10-14-13-9(6-12)17-10;5-3-4-1-2-4/h1-3,5-6,15,18-20H,4,7-14,16-17H2,(H,32,38);9-11H,1-8H2,(H,17,18);7-8H,2-6H2,1H3;4-5H,1-3H2. The van der Waals surface area contributed by atoms with Crippen molar-refractivity contribution in [1.82, 2.24) is 45.7 Å². The van der Waals surface area contributed by atoms with Gasteiger partial charge in [0.2, 0.25) is 35.3 Å². The van der Waals surface area contributed by atoms with Crippen LogP contribution in [-0.2, 0) is 53.9 Å². The molecule has 6 aliphatic rings. The molecule has 21 nitrogen and oxygen atoms in total. The van der Waals surface area contributed by atoms with Gasteiger partial charge in [-0.3, -0.25) is 19.2 Å². The van der Waals surface area contributed by atoms with E-state index in [0.29, 0.717) is 105 Å². The van der Waals surface area contributed by atoms with Crippen LogP contribution in [0.4, 0.5) is 13.2 Å². The largest absolute Gasteiger partial charge is 0.481 e. The number of carboxylic acid groups (broad SMARTS) is 1. The molecule has 11 rings (SSSR count). The minimum Gasteiger partial charge on any atom is -0.481 e. The van der Waals surface area contributed by atoms with Crippen LogP contribution in [0.1, 0.15) is 198 Å². The Balaban J connectivity index is 0.000000172. The molecule has 0 atom stereocenters. The summed E-state index contributed by atoms with van der Waals surface area (Å²) in [5.41, 5.74) is -1.40. The van der Waals surface area contributed by atoms with E-state index in [1.165, 1.54) is 45.6 Å². The van der Waals surface area contributed by atoms with Crippen molar-refractivity contribution in [3.05, 3.63) is 83.1 Å². The first-order valence-corrected chi connectivity index (χ1v) is 29.3. The molecule has 25 heteroatoms. The highest BCUT2D eigenvalue weighted by Crippen LogP contribution is 2.39. The molecule has 0 saturated heterocycles. The summed E-state index contributed by atoms with van der Waals surface area (Å²) < 4.78 is 74.3. The van der Waals surface area contributed by atoms with Gasteiger partial charge in [0, 0.05) is 49.4 Å². The number of hydrogen-bond acceptors (Lipinski definition) is 18. The van der Waals surface area contributed by atoms with Crippen molar-refractivity contribution < 1.29 is 70.0 Å². The number of aliphatic hydroxyl groups excluding tert-OH is 1. The number of carbonyl (C=O) groups excluding carboxylic acids is 3. The Morgan fingerprint density at radius 1 is 0.659 bits per heavy atom. The molecule has 6 saturated carbocycles. The Kier molecular flexibility index (Phi) is 23.0. The second-order valence-electron chi connectivity index (χ2n) is 22.3. The number of methoxy groups -OCH3 is 1. The minimum atomic E-state index is -4.78. The van der Waals surface area contributed by atoms with Crippen molar-refractivity contribution in [2.75, 3.05) is 33.5 Å². The lowest BCUT2D eigenvalue weighted by Gasteiger charge is -2.25. The van der Waals surface area contributed by atoms with E-state index in [0.717, 1.165) is 81.4 Å².